The number of aliphatic hydroxyl groups is 1. The van der Waals surface area contributed by atoms with E-state index in [1.807, 2.05) is 6.07 Å². The summed E-state index contributed by atoms with van der Waals surface area (Å²) in [7, 11) is 0. The Labute approximate surface area is 214 Å². The molecule has 0 unspecified atom stereocenters. The predicted molar refractivity (Wildman–Crippen MR) is 135 cm³/mol. The van der Waals surface area contributed by atoms with Crippen LogP contribution in [-0.2, 0) is 4.74 Å². The molecule has 0 aromatic heterocycles. The van der Waals surface area contributed by atoms with Crippen LogP contribution in [0.4, 0.5) is 10.5 Å². The highest BCUT2D eigenvalue weighted by molar-refractivity contribution is 9.11. The Morgan fingerprint density at radius 3 is 2.32 bits per heavy atom. The Kier molecular flexibility index (Phi) is 9.09. The molecule has 7 nitrogen and oxygen atoms in total. The number of para-hydroxylation sites is 1. The van der Waals surface area contributed by atoms with Gasteiger partial charge in [0.25, 0.3) is 0 Å². The van der Waals surface area contributed by atoms with Crippen molar-refractivity contribution < 1.29 is 29.3 Å². The summed E-state index contributed by atoms with van der Waals surface area (Å²) in [5.41, 5.74) is 1.23. The maximum absolute atomic E-state index is 12.8. The first-order valence-electron chi connectivity index (χ1n) is 10.4. The molecule has 0 spiro atoms. The number of phenolic OH excluding ortho intramolecular Hbond substituents is 1. The lowest BCUT2D eigenvalue weighted by molar-refractivity contribution is 0.00792. The van der Waals surface area contributed by atoms with Gasteiger partial charge in [-0.1, -0.05) is 34.1 Å². The van der Waals surface area contributed by atoms with Crippen LogP contribution >= 0.6 is 31.9 Å². The maximum atomic E-state index is 12.8. The first-order chi connectivity index (χ1) is 16.3. The number of aliphatic hydroxyl groups excluding tert-OH is 1. The van der Waals surface area contributed by atoms with Gasteiger partial charge < -0.3 is 19.7 Å². The number of aromatic hydroxyl groups is 1. The van der Waals surface area contributed by atoms with E-state index in [1.54, 1.807) is 60.7 Å². The fourth-order valence-electron chi connectivity index (χ4n) is 3.27. The summed E-state index contributed by atoms with van der Waals surface area (Å²) in [6.45, 7) is 1.22. The zero-order chi connectivity index (χ0) is 24.7. The summed E-state index contributed by atoms with van der Waals surface area (Å²) >= 11 is 6.70. The number of ketones is 1. The summed E-state index contributed by atoms with van der Waals surface area (Å²) in [4.78, 5) is 24.3. The van der Waals surface area contributed by atoms with Crippen LogP contribution in [0.2, 0.25) is 0 Å². The van der Waals surface area contributed by atoms with E-state index in [4.69, 9.17) is 9.47 Å². The summed E-state index contributed by atoms with van der Waals surface area (Å²) in [6, 6.07) is 18.6. The Balaban J connectivity index is 1.91. The zero-order valence-corrected chi connectivity index (χ0v) is 21.4. The molecule has 1 amide bonds. The highest BCUT2D eigenvalue weighted by atomic mass is 79.9. The van der Waals surface area contributed by atoms with Crippen molar-refractivity contribution in [3.05, 3.63) is 86.8 Å². The van der Waals surface area contributed by atoms with Crippen molar-refractivity contribution in [2.45, 2.75) is 25.6 Å². The third-order valence-electron chi connectivity index (χ3n) is 4.92. The predicted octanol–water partition coefficient (Wildman–Crippen LogP) is 6.24. The van der Waals surface area contributed by atoms with Crippen molar-refractivity contribution in [2.75, 3.05) is 11.9 Å². The summed E-state index contributed by atoms with van der Waals surface area (Å²) in [5.74, 6) is 0.310. The minimum absolute atomic E-state index is 0.0881. The van der Waals surface area contributed by atoms with Crippen LogP contribution < -0.4 is 10.1 Å². The third-order valence-corrected chi connectivity index (χ3v) is 5.98. The molecule has 0 bridgehead atoms. The second-order valence-electron chi connectivity index (χ2n) is 7.39. The van der Waals surface area contributed by atoms with Gasteiger partial charge in [0.15, 0.2) is 11.9 Å². The van der Waals surface area contributed by atoms with Gasteiger partial charge in [-0.3, -0.25) is 10.1 Å². The number of hydrogen-bond acceptors (Lipinski definition) is 6. The molecular formula is C25H23Br2NO6. The lowest BCUT2D eigenvalue weighted by atomic mass is 10.0. The van der Waals surface area contributed by atoms with Crippen LogP contribution in [0.25, 0.3) is 0 Å². The number of anilines is 1. The summed E-state index contributed by atoms with van der Waals surface area (Å²) in [6.07, 6.45) is -2.55. The standard InChI is InChI=1S/C25H23Br2NO6/c1-15(30)16-7-9-18(10-8-16)28-25(32)34-24(20-13-17(26)14-21(27)23(20)31)22(11-12-29)33-19-5-3-2-4-6-19/h2-10,13-14,22,24,29,31H,11-12H2,1H3,(H,28,32)/t22-,24-/m1/s1. The molecule has 2 atom stereocenters. The monoisotopic (exact) mass is 591 g/mol. The Bertz CT molecular complexity index is 1140. The fourth-order valence-corrected chi connectivity index (χ4v) is 4.52. The van der Waals surface area contributed by atoms with Crippen LogP contribution in [0.3, 0.4) is 0 Å². The van der Waals surface area contributed by atoms with Gasteiger partial charge in [-0.2, -0.15) is 0 Å². The van der Waals surface area contributed by atoms with Crippen molar-refractivity contribution in [2.24, 2.45) is 0 Å². The quantitative estimate of drug-likeness (QED) is 0.254. The third kappa shape index (κ3) is 6.82. The number of rotatable bonds is 9. The number of ether oxygens (including phenoxy) is 2. The second-order valence-corrected chi connectivity index (χ2v) is 9.16. The molecular weight excluding hydrogens is 570 g/mol. The van der Waals surface area contributed by atoms with Gasteiger partial charge in [-0.25, -0.2) is 4.79 Å². The minimum atomic E-state index is -1.07. The largest absolute Gasteiger partial charge is 0.506 e. The number of phenols is 1. The van der Waals surface area contributed by atoms with Crippen LogP contribution in [0.1, 0.15) is 35.4 Å². The van der Waals surface area contributed by atoms with Crippen LogP contribution in [0.15, 0.2) is 75.7 Å². The Morgan fingerprint density at radius 1 is 1.03 bits per heavy atom. The summed E-state index contributed by atoms with van der Waals surface area (Å²) < 4.78 is 12.8. The van der Waals surface area contributed by atoms with Crippen molar-refractivity contribution in [3.63, 3.8) is 0 Å². The number of nitrogens with one attached hydrogen (secondary N) is 1. The molecule has 0 aliphatic heterocycles. The number of Topliss-reactive ketones (excluding diaryl/α,β-unsaturated/α-hetero) is 1. The molecule has 0 saturated carbocycles. The number of hydrogen-bond donors (Lipinski definition) is 3. The average Bonchev–Trinajstić information content (AvgIpc) is 2.81. The molecule has 0 fully saturated rings. The molecule has 9 heteroatoms. The van der Waals surface area contributed by atoms with Gasteiger partial charge in [0, 0.05) is 34.3 Å². The van der Waals surface area contributed by atoms with Gasteiger partial charge in [-0.15, -0.1) is 0 Å². The molecule has 0 aliphatic rings. The normalized spacial score (nSPS) is 12.5. The highest BCUT2D eigenvalue weighted by Crippen LogP contribution is 2.39. The fraction of sp³-hybridized carbons (Fsp3) is 0.200. The molecule has 0 aliphatic carbocycles. The van der Waals surface area contributed by atoms with E-state index in [1.165, 1.54) is 6.92 Å². The first-order valence-corrected chi connectivity index (χ1v) is 12.0. The van der Waals surface area contributed by atoms with Gasteiger partial charge in [0.1, 0.15) is 17.6 Å². The minimum Gasteiger partial charge on any atom is -0.506 e. The van der Waals surface area contributed by atoms with Crippen LogP contribution in [-0.4, -0.2) is 34.8 Å². The molecule has 34 heavy (non-hydrogen) atoms. The Hall–Kier alpha value is -2.88. The van der Waals surface area contributed by atoms with Gasteiger partial charge in [-0.05, 0) is 71.4 Å². The van der Waals surface area contributed by atoms with Crippen molar-refractivity contribution in [1.29, 1.82) is 0 Å². The highest BCUT2D eigenvalue weighted by Gasteiger charge is 2.32. The van der Waals surface area contributed by atoms with E-state index in [0.29, 0.717) is 25.9 Å². The van der Waals surface area contributed by atoms with E-state index >= 15 is 0 Å². The van der Waals surface area contributed by atoms with E-state index in [2.05, 4.69) is 37.2 Å². The smallest absolute Gasteiger partial charge is 0.412 e. The molecule has 0 saturated heterocycles. The number of benzene rings is 3. The molecule has 3 aromatic carbocycles. The van der Waals surface area contributed by atoms with Gasteiger partial charge in [0.2, 0.25) is 0 Å². The first kappa shape index (κ1) is 25.7. The number of amides is 1. The molecule has 3 rings (SSSR count). The molecule has 178 valence electrons. The van der Waals surface area contributed by atoms with Gasteiger partial charge in [0.05, 0.1) is 4.47 Å². The van der Waals surface area contributed by atoms with Crippen LogP contribution in [0, 0.1) is 0 Å². The second kappa shape index (κ2) is 12.0. The molecule has 3 aromatic rings. The van der Waals surface area contributed by atoms with Crippen molar-refractivity contribution >= 4 is 49.4 Å². The number of halogens is 2. The van der Waals surface area contributed by atoms with E-state index < -0.39 is 18.3 Å². The summed E-state index contributed by atoms with van der Waals surface area (Å²) in [5, 5.41) is 23.0. The lowest BCUT2D eigenvalue weighted by Gasteiger charge is -2.28. The molecule has 3 N–H and O–H groups in total. The van der Waals surface area contributed by atoms with E-state index in [-0.39, 0.29) is 30.1 Å². The van der Waals surface area contributed by atoms with Crippen molar-refractivity contribution in [1.82, 2.24) is 0 Å². The van der Waals surface area contributed by atoms with E-state index in [0.717, 1.165) is 0 Å². The maximum Gasteiger partial charge on any atom is 0.412 e. The molecule has 0 heterocycles. The average molecular weight is 593 g/mol. The van der Waals surface area contributed by atoms with E-state index in [9.17, 15) is 19.8 Å². The van der Waals surface area contributed by atoms with Crippen LogP contribution in [0.5, 0.6) is 11.5 Å². The Morgan fingerprint density at radius 2 is 1.71 bits per heavy atom. The number of carbonyl (C=O) groups is 2. The SMILES string of the molecule is CC(=O)c1ccc(NC(=O)O[C@H](c2cc(Br)cc(Br)c2O)[C@@H](CCO)Oc2ccccc2)cc1. The lowest BCUT2D eigenvalue weighted by Crippen LogP contribution is -2.32. The zero-order valence-electron chi connectivity index (χ0n) is 18.2. The van der Waals surface area contributed by atoms with Crippen molar-refractivity contribution in [3.8, 4) is 11.5 Å². The topological polar surface area (TPSA) is 105 Å². The van der Waals surface area contributed by atoms with Gasteiger partial charge >= 0.3 is 6.09 Å². The molecule has 0 radical (unpaired) electrons. The number of carbonyl (C=O) groups excluding carboxylic acids is 2.